The molecule has 2 rings (SSSR count). The zero-order chi connectivity index (χ0) is 14.6. The summed E-state index contributed by atoms with van der Waals surface area (Å²) in [6.07, 6.45) is 3.67. The van der Waals surface area contributed by atoms with Gasteiger partial charge in [-0.15, -0.1) is 0 Å². The second-order valence-electron chi connectivity index (χ2n) is 7.15. The number of fused-ring (bicyclic) bond motifs is 1. The lowest BCUT2D eigenvalue weighted by molar-refractivity contribution is 0.372. The minimum absolute atomic E-state index is 0.409. The van der Waals surface area contributed by atoms with Gasteiger partial charge in [0.1, 0.15) is 0 Å². The van der Waals surface area contributed by atoms with Crippen LogP contribution in [0.25, 0.3) is 0 Å². The molecule has 0 aliphatic carbocycles. The van der Waals surface area contributed by atoms with Crippen molar-refractivity contribution in [2.75, 3.05) is 24.5 Å². The molecule has 20 heavy (non-hydrogen) atoms. The molecule has 0 fully saturated rings. The fraction of sp³-hybridized carbons (Fsp3) is 0.667. The largest absolute Gasteiger partial charge is 0.371 e. The Bertz CT molecular complexity index is 420. The van der Waals surface area contributed by atoms with Gasteiger partial charge in [-0.1, -0.05) is 45.9 Å². The summed E-state index contributed by atoms with van der Waals surface area (Å²) < 4.78 is 0. The molecule has 1 N–H and O–H groups in total. The predicted molar refractivity (Wildman–Crippen MR) is 88.4 cm³/mol. The van der Waals surface area contributed by atoms with Crippen LogP contribution in [0.3, 0.4) is 0 Å². The highest BCUT2D eigenvalue weighted by Crippen LogP contribution is 2.34. The van der Waals surface area contributed by atoms with E-state index in [9.17, 15) is 0 Å². The van der Waals surface area contributed by atoms with Crippen LogP contribution in [-0.2, 0) is 0 Å². The molecule has 1 aromatic carbocycles. The first-order chi connectivity index (χ1) is 9.51. The number of anilines is 1. The number of para-hydroxylation sites is 1. The maximum atomic E-state index is 3.69. The van der Waals surface area contributed by atoms with Crippen LogP contribution >= 0.6 is 0 Å². The quantitative estimate of drug-likeness (QED) is 0.857. The number of benzene rings is 1. The molecule has 0 saturated carbocycles. The maximum absolute atomic E-state index is 3.69. The third-order valence-corrected chi connectivity index (χ3v) is 4.11. The van der Waals surface area contributed by atoms with Crippen molar-refractivity contribution < 1.29 is 0 Å². The Hall–Kier alpha value is -1.02. The molecule has 2 nitrogen and oxygen atoms in total. The Morgan fingerprint density at radius 3 is 2.70 bits per heavy atom. The van der Waals surface area contributed by atoms with Gasteiger partial charge in [-0.25, -0.2) is 0 Å². The summed E-state index contributed by atoms with van der Waals surface area (Å²) in [7, 11) is 0. The van der Waals surface area contributed by atoms with Gasteiger partial charge in [-0.2, -0.15) is 0 Å². The highest BCUT2D eigenvalue weighted by atomic mass is 15.1. The van der Waals surface area contributed by atoms with Gasteiger partial charge in [0.2, 0.25) is 0 Å². The van der Waals surface area contributed by atoms with Gasteiger partial charge >= 0.3 is 0 Å². The van der Waals surface area contributed by atoms with Crippen LogP contribution in [0.4, 0.5) is 5.69 Å². The topological polar surface area (TPSA) is 15.3 Å². The summed E-state index contributed by atoms with van der Waals surface area (Å²) >= 11 is 0. The van der Waals surface area contributed by atoms with Crippen molar-refractivity contribution in [3.8, 4) is 0 Å². The van der Waals surface area contributed by atoms with Gasteiger partial charge in [0, 0.05) is 24.8 Å². The molecular formula is C18H30N2. The van der Waals surface area contributed by atoms with Crippen molar-refractivity contribution in [2.45, 2.75) is 53.0 Å². The summed E-state index contributed by atoms with van der Waals surface area (Å²) in [6.45, 7) is 12.7. The Morgan fingerprint density at radius 1 is 1.25 bits per heavy atom. The number of nitrogens with one attached hydrogen (secondary N) is 1. The van der Waals surface area contributed by atoms with Crippen molar-refractivity contribution in [3.05, 3.63) is 29.8 Å². The second kappa shape index (κ2) is 6.62. The third kappa shape index (κ3) is 3.99. The van der Waals surface area contributed by atoms with Gasteiger partial charge in [-0.3, -0.25) is 0 Å². The Balaban J connectivity index is 2.10. The summed E-state index contributed by atoms with van der Waals surface area (Å²) in [5.41, 5.74) is 3.34. The molecule has 1 aliphatic rings. The van der Waals surface area contributed by atoms with E-state index in [2.05, 4.69) is 62.2 Å². The molecule has 0 aromatic heterocycles. The van der Waals surface area contributed by atoms with Crippen molar-refractivity contribution in [1.29, 1.82) is 0 Å². The zero-order valence-corrected chi connectivity index (χ0v) is 13.6. The SMILES string of the molecule is CCCNC1CCN(CCC(C)(C)C)c2ccccc21. The van der Waals surface area contributed by atoms with E-state index in [1.54, 1.807) is 0 Å². The highest BCUT2D eigenvalue weighted by Gasteiger charge is 2.24. The summed E-state index contributed by atoms with van der Waals surface area (Å²) in [5.74, 6) is 0. The van der Waals surface area contributed by atoms with E-state index in [1.165, 1.54) is 43.6 Å². The summed E-state index contributed by atoms with van der Waals surface area (Å²) in [4.78, 5) is 2.57. The lowest BCUT2D eigenvalue weighted by Gasteiger charge is -2.37. The molecule has 1 unspecified atom stereocenters. The van der Waals surface area contributed by atoms with E-state index in [-0.39, 0.29) is 0 Å². The normalized spacial score (nSPS) is 19.0. The Morgan fingerprint density at radius 2 is 2.00 bits per heavy atom. The molecule has 0 bridgehead atoms. The summed E-state index contributed by atoms with van der Waals surface area (Å²) in [6, 6.07) is 9.47. The minimum Gasteiger partial charge on any atom is -0.371 e. The molecule has 0 saturated heterocycles. The van der Waals surface area contributed by atoms with Crippen LogP contribution in [0.1, 0.15) is 58.6 Å². The molecule has 112 valence electrons. The van der Waals surface area contributed by atoms with Gasteiger partial charge < -0.3 is 10.2 Å². The molecule has 0 spiro atoms. The van der Waals surface area contributed by atoms with Gasteiger partial charge in [0.05, 0.1) is 0 Å². The molecule has 1 heterocycles. The average molecular weight is 274 g/mol. The molecule has 0 radical (unpaired) electrons. The predicted octanol–water partition coefficient (Wildman–Crippen LogP) is 4.37. The molecule has 0 amide bonds. The van der Waals surface area contributed by atoms with Crippen LogP contribution < -0.4 is 10.2 Å². The maximum Gasteiger partial charge on any atom is 0.0414 e. The second-order valence-corrected chi connectivity index (χ2v) is 7.15. The third-order valence-electron chi connectivity index (χ3n) is 4.11. The molecule has 1 aliphatic heterocycles. The molecule has 2 heteroatoms. The van der Waals surface area contributed by atoms with E-state index in [0.29, 0.717) is 11.5 Å². The van der Waals surface area contributed by atoms with Gasteiger partial charge in [0.25, 0.3) is 0 Å². The first kappa shape index (κ1) is 15.4. The van der Waals surface area contributed by atoms with Gasteiger partial charge in [-0.05, 0) is 42.9 Å². The van der Waals surface area contributed by atoms with Crippen molar-refractivity contribution >= 4 is 5.69 Å². The lowest BCUT2D eigenvalue weighted by Crippen LogP contribution is -2.37. The van der Waals surface area contributed by atoms with E-state index in [1.807, 2.05) is 0 Å². The minimum atomic E-state index is 0.409. The van der Waals surface area contributed by atoms with Crippen LogP contribution in [-0.4, -0.2) is 19.6 Å². The number of hydrogen-bond acceptors (Lipinski definition) is 2. The number of rotatable bonds is 5. The van der Waals surface area contributed by atoms with E-state index in [0.717, 1.165) is 6.54 Å². The Labute approximate surface area is 124 Å². The standard InChI is InChI=1S/C18H30N2/c1-5-12-19-16-10-13-20(14-11-18(2,3)4)17-9-7-6-8-15(16)17/h6-9,16,19H,5,10-14H2,1-4H3. The zero-order valence-electron chi connectivity index (χ0n) is 13.6. The molecular weight excluding hydrogens is 244 g/mol. The summed E-state index contributed by atoms with van der Waals surface area (Å²) in [5, 5.41) is 3.69. The fourth-order valence-corrected chi connectivity index (χ4v) is 2.86. The van der Waals surface area contributed by atoms with E-state index < -0.39 is 0 Å². The van der Waals surface area contributed by atoms with E-state index >= 15 is 0 Å². The van der Waals surface area contributed by atoms with Crippen molar-refractivity contribution in [1.82, 2.24) is 5.32 Å². The van der Waals surface area contributed by atoms with E-state index in [4.69, 9.17) is 0 Å². The van der Waals surface area contributed by atoms with Crippen LogP contribution in [0, 0.1) is 5.41 Å². The smallest absolute Gasteiger partial charge is 0.0414 e. The first-order valence-electron chi connectivity index (χ1n) is 8.08. The number of hydrogen-bond donors (Lipinski definition) is 1. The van der Waals surface area contributed by atoms with Crippen molar-refractivity contribution in [3.63, 3.8) is 0 Å². The molecule has 1 atom stereocenters. The molecule has 1 aromatic rings. The average Bonchev–Trinajstić information content (AvgIpc) is 2.42. The monoisotopic (exact) mass is 274 g/mol. The highest BCUT2D eigenvalue weighted by molar-refractivity contribution is 5.57. The fourth-order valence-electron chi connectivity index (χ4n) is 2.86. The first-order valence-corrected chi connectivity index (χ1v) is 8.08. The number of nitrogens with zero attached hydrogens (tertiary/aromatic N) is 1. The van der Waals surface area contributed by atoms with Crippen LogP contribution in [0.5, 0.6) is 0 Å². The van der Waals surface area contributed by atoms with Crippen molar-refractivity contribution in [2.24, 2.45) is 5.41 Å². The van der Waals surface area contributed by atoms with Gasteiger partial charge in [0.15, 0.2) is 0 Å². The lowest BCUT2D eigenvalue weighted by atomic mass is 9.90. The Kier molecular flexibility index (Phi) is 5.09. The van der Waals surface area contributed by atoms with Crippen LogP contribution in [0.2, 0.25) is 0 Å². The van der Waals surface area contributed by atoms with Crippen LogP contribution in [0.15, 0.2) is 24.3 Å².